The van der Waals surface area contributed by atoms with Gasteiger partial charge in [-0.3, -0.25) is 4.79 Å². The molecule has 0 radical (unpaired) electrons. The first-order valence-electron chi connectivity index (χ1n) is 6.43. The number of benzene rings is 1. The molecule has 0 atom stereocenters. The molecule has 0 bridgehead atoms. The Hall–Kier alpha value is -2.56. The number of carbonyl (C=O) groups is 1. The van der Waals surface area contributed by atoms with Crippen molar-refractivity contribution < 1.29 is 9.53 Å². The third kappa shape index (κ3) is 4.28. The number of aromatic nitrogens is 1. The highest BCUT2D eigenvalue weighted by Crippen LogP contribution is 2.08. The number of anilines is 1. The molecule has 1 aromatic heterocycles. The number of carbonyl (C=O) groups excluding carboxylic acids is 1. The second-order valence-electron chi connectivity index (χ2n) is 4.25. The maximum absolute atomic E-state index is 11.7. The molecule has 20 heavy (non-hydrogen) atoms. The molecule has 0 aliphatic carbocycles. The van der Waals surface area contributed by atoms with Gasteiger partial charge in [0.25, 0.3) is 5.91 Å². The summed E-state index contributed by atoms with van der Waals surface area (Å²) in [6.45, 7) is 1.09. The summed E-state index contributed by atoms with van der Waals surface area (Å²) in [5.74, 6) is 0.628. The van der Waals surface area contributed by atoms with Crippen molar-refractivity contribution in [2.75, 3.05) is 18.9 Å². The molecule has 5 nitrogen and oxygen atoms in total. The molecule has 3 N–H and O–H groups in total. The smallest absolute Gasteiger partial charge is 0.269 e. The van der Waals surface area contributed by atoms with E-state index in [0.717, 1.165) is 12.2 Å². The van der Waals surface area contributed by atoms with Crippen molar-refractivity contribution in [2.24, 2.45) is 0 Å². The van der Waals surface area contributed by atoms with Gasteiger partial charge in [0.05, 0.1) is 18.5 Å². The van der Waals surface area contributed by atoms with Crippen LogP contribution in [0.5, 0.6) is 5.75 Å². The Kier molecular flexibility index (Phi) is 4.94. The van der Waals surface area contributed by atoms with Crippen LogP contribution in [-0.4, -0.2) is 24.0 Å². The summed E-state index contributed by atoms with van der Waals surface area (Å²) < 4.78 is 5.53. The quantitative estimate of drug-likeness (QED) is 0.786. The normalized spacial score (nSPS) is 10.0. The molecular formula is C15H17N3O2. The summed E-state index contributed by atoms with van der Waals surface area (Å²) in [5.41, 5.74) is 6.41. The van der Waals surface area contributed by atoms with Crippen LogP contribution in [0.15, 0.2) is 48.7 Å². The lowest BCUT2D eigenvalue weighted by molar-refractivity contribution is 0.0946. The predicted octanol–water partition coefficient (Wildman–Crippen LogP) is 1.86. The summed E-state index contributed by atoms with van der Waals surface area (Å²) in [7, 11) is 0. The average Bonchev–Trinajstić information content (AvgIpc) is 2.48. The number of para-hydroxylation sites is 1. The summed E-state index contributed by atoms with van der Waals surface area (Å²) in [4.78, 5) is 15.7. The largest absolute Gasteiger partial charge is 0.494 e. The molecule has 0 saturated carbocycles. The van der Waals surface area contributed by atoms with Crippen LogP contribution >= 0.6 is 0 Å². The van der Waals surface area contributed by atoms with Gasteiger partial charge in [-0.1, -0.05) is 18.2 Å². The van der Waals surface area contributed by atoms with Crippen molar-refractivity contribution in [3.63, 3.8) is 0 Å². The zero-order valence-corrected chi connectivity index (χ0v) is 11.1. The van der Waals surface area contributed by atoms with Crippen LogP contribution in [0.1, 0.15) is 16.9 Å². The van der Waals surface area contributed by atoms with Gasteiger partial charge in [-0.25, -0.2) is 4.98 Å². The van der Waals surface area contributed by atoms with Crippen LogP contribution in [0.2, 0.25) is 0 Å². The number of ether oxygens (including phenoxy) is 1. The van der Waals surface area contributed by atoms with Gasteiger partial charge in [-0.2, -0.15) is 0 Å². The average molecular weight is 271 g/mol. The minimum absolute atomic E-state index is 0.204. The van der Waals surface area contributed by atoms with Gasteiger partial charge >= 0.3 is 0 Å². The molecule has 0 saturated heterocycles. The van der Waals surface area contributed by atoms with E-state index in [0.29, 0.717) is 24.5 Å². The van der Waals surface area contributed by atoms with Crippen molar-refractivity contribution in [3.05, 3.63) is 54.4 Å². The maximum atomic E-state index is 11.7. The Morgan fingerprint density at radius 3 is 2.70 bits per heavy atom. The highest BCUT2D eigenvalue weighted by Gasteiger charge is 2.05. The monoisotopic (exact) mass is 271 g/mol. The second-order valence-corrected chi connectivity index (χ2v) is 4.25. The van der Waals surface area contributed by atoms with Crippen LogP contribution in [0.25, 0.3) is 0 Å². The van der Waals surface area contributed by atoms with E-state index >= 15 is 0 Å². The Morgan fingerprint density at radius 1 is 1.20 bits per heavy atom. The molecule has 0 spiro atoms. The lowest BCUT2D eigenvalue weighted by Crippen LogP contribution is -2.26. The number of hydrogen-bond donors (Lipinski definition) is 2. The molecule has 1 aromatic carbocycles. The van der Waals surface area contributed by atoms with E-state index in [2.05, 4.69) is 10.3 Å². The summed E-state index contributed by atoms with van der Waals surface area (Å²) in [5, 5.41) is 2.78. The molecule has 1 heterocycles. The summed E-state index contributed by atoms with van der Waals surface area (Å²) in [6.07, 6.45) is 2.20. The minimum Gasteiger partial charge on any atom is -0.494 e. The Morgan fingerprint density at radius 2 is 2.00 bits per heavy atom. The molecule has 2 rings (SSSR count). The van der Waals surface area contributed by atoms with Crippen LogP contribution < -0.4 is 15.8 Å². The third-order valence-corrected chi connectivity index (χ3v) is 2.64. The van der Waals surface area contributed by atoms with E-state index in [1.54, 1.807) is 12.1 Å². The molecule has 5 heteroatoms. The lowest BCUT2D eigenvalue weighted by Gasteiger charge is -2.07. The first-order valence-corrected chi connectivity index (χ1v) is 6.43. The summed E-state index contributed by atoms with van der Waals surface area (Å²) in [6, 6.07) is 12.8. The predicted molar refractivity (Wildman–Crippen MR) is 77.5 cm³/mol. The Balaban J connectivity index is 1.66. The maximum Gasteiger partial charge on any atom is 0.269 e. The molecular weight excluding hydrogens is 254 g/mol. The van der Waals surface area contributed by atoms with Gasteiger partial charge < -0.3 is 15.8 Å². The Labute approximate surface area is 117 Å². The fourth-order valence-corrected chi connectivity index (χ4v) is 1.61. The van der Waals surface area contributed by atoms with Gasteiger partial charge in [0.2, 0.25) is 0 Å². The van der Waals surface area contributed by atoms with E-state index in [1.165, 1.54) is 6.20 Å². The molecule has 1 amide bonds. The topological polar surface area (TPSA) is 77.2 Å². The number of amides is 1. The first-order chi connectivity index (χ1) is 9.75. The summed E-state index contributed by atoms with van der Waals surface area (Å²) >= 11 is 0. The van der Waals surface area contributed by atoms with Crippen molar-refractivity contribution in [2.45, 2.75) is 6.42 Å². The third-order valence-electron chi connectivity index (χ3n) is 2.64. The SMILES string of the molecule is Nc1ccc(C(=O)NCCCOc2ccccc2)nc1. The molecule has 104 valence electrons. The standard InChI is InChI=1S/C15H17N3O2/c16-12-7-8-14(18-11-12)15(19)17-9-4-10-20-13-5-2-1-3-6-13/h1-3,5-8,11H,4,9-10,16H2,(H,17,19). The van der Waals surface area contributed by atoms with Gasteiger partial charge in [0.1, 0.15) is 11.4 Å². The van der Waals surface area contributed by atoms with Crippen molar-refractivity contribution in [1.82, 2.24) is 10.3 Å². The van der Waals surface area contributed by atoms with E-state index < -0.39 is 0 Å². The number of nitrogens with one attached hydrogen (secondary N) is 1. The van der Waals surface area contributed by atoms with Crippen LogP contribution in [-0.2, 0) is 0 Å². The number of rotatable bonds is 6. The van der Waals surface area contributed by atoms with Crippen LogP contribution in [0.3, 0.4) is 0 Å². The fourth-order valence-electron chi connectivity index (χ4n) is 1.61. The number of nitrogens with two attached hydrogens (primary N) is 1. The van der Waals surface area contributed by atoms with Crippen molar-refractivity contribution in [3.8, 4) is 5.75 Å². The zero-order valence-electron chi connectivity index (χ0n) is 11.1. The number of nitrogens with zero attached hydrogens (tertiary/aromatic N) is 1. The fraction of sp³-hybridized carbons (Fsp3) is 0.200. The number of hydrogen-bond acceptors (Lipinski definition) is 4. The highest BCUT2D eigenvalue weighted by molar-refractivity contribution is 5.92. The molecule has 0 aliphatic rings. The van der Waals surface area contributed by atoms with Crippen LogP contribution in [0.4, 0.5) is 5.69 Å². The molecule has 0 aliphatic heterocycles. The first kappa shape index (κ1) is 13.9. The number of nitrogen functional groups attached to an aromatic ring is 1. The van der Waals surface area contributed by atoms with E-state index in [9.17, 15) is 4.79 Å². The minimum atomic E-state index is -0.204. The second kappa shape index (κ2) is 7.13. The highest BCUT2D eigenvalue weighted by atomic mass is 16.5. The molecule has 2 aromatic rings. The molecule has 0 unspecified atom stereocenters. The van der Waals surface area contributed by atoms with Gasteiger partial charge in [0.15, 0.2) is 0 Å². The van der Waals surface area contributed by atoms with Gasteiger partial charge in [-0.05, 0) is 30.7 Å². The van der Waals surface area contributed by atoms with Gasteiger partial charge in [-0.15, -0.1) is 0 Å². The lowest BCUT2D eigenvalue weighted by atomic mass is 10.3. The van der Waals surface area contributed by atoms with E-state index in [-0.39, 0.29) is 5.91 Å². The van der Waals surface area contributed by atoms with Crippen molar-refractivity contribution in [1.29, 1.82) is 0 Å². The van der Waals surface area contributed by atoms with E-state index in [1.807, 2.05) is 30.3 Å². The van der Waals surface area contributed by atoms with E-state index in [4.69, 9.17) is 10.5 Å². The Bertz CT molecular complexity index is 541. The van der Waals surface area contributed by atoms with Crippen LogP contribution in [0, 0.1) is 0 Å². The molecule has 0 fully saturated rings. The number of pyridine rings is 1. The van der Waals surface area contributed by atoms with Gasteiger partial charge in [0, 0.05) is 6.54 Å². The zero-order chi connectivity index (χ0) is 14.2. The van der Waals surface area contributed by atoms with Crippen molar-refractivity contribution >= 4 is 11.6 Å².